The van der Waals surface area contributed by atoms with E-state index in [4.69, 9.17) is 14.2 Å². The highest BCUT2D eigenvalue weighted by molar-refractivity contribution is 5.92. The van der Waals surface area contributed by atoms with Gasteiger partial charge in [0.1, 0.15) is 5.69 Å². The van der Waals surface area contributed by atoms with Gasteiger partial charge in [-0.3, -0.25) is 4.79 Å². The molecule has 0 saturated carbocycles. The summed E-state index contributed by atoms with van der Waals surface area (Å²) in [7, 11) is 3.16. The van der Waals surface area contributed by atoms with Crippen LogP contribution in [0, 0.1) is 0 Å². The van der Waals surface area contributed by atoms with Gasteiger partial charge in [0.05, 0.1) is 20.3 Å². The zero-order valence-electron chi connectivity index (χ0n) is 15.5. The van der Waals surface area contributed by atoms with Crippen molar-refractivity contribution in [2.45, 2.75) is 25.5 Å². The van der Waals surface area contributed by atoms with Gasteiger partial charge in [0.15, 0.2) is 11.5 Å². The Bertz CT molecular complexity index is 778. The Kier molecular flexibility index (Phi) is 6.43. The second-order valence-corrected chi connectivity index (χ2v) is 6.15. The van der Waals surface area contributed by atoms with Gasteiger partial charge >= 0.3 is 0 Å². The summed E-state index contributed by atoms with van der Waals surface area (Å²) in [5.41, 5.74) is 1.20. The third-order valence-corrected chi connectivity index (χ3v) is 4.30. The maximum atomic E-state index is 12.4. The molecule has 1 aliphatic heterocycles. The molecule has 0 radical (unpaired) electrons. The minimum Gasteiger partial charge on any atom is -0.493 e. The molecule has 0 spiro atoms. The van der Waals surface area contributed by atoms with Crippen LogP contribution in [0.1, 0.15) is 28.9 Å². The molecule has 2 aromatic rings. The summed E-state index contributed by atoms with van der Waals surface area (Å²) >= 11 is 0. The van der Waals surface area contributed by atoms with Crippen molar-refractivity contribution in [1.82, 2.24) is 15.3 Å². The van der Waals surface area contributed by atoms with Gasteiger partial charge in [-0.05, 0) is 36.6 Å². The molecule has 2 heterocycles. The number of aromatic nitrogens is 2. The molecule has 27 heavy (non-hydrogen) atoms. The summed E-state index contributed by atoms with van der Waals surface area (Å²) in [5.74, 6) is 1.41. The Morgan fingerprint density at radius 1 is 1.26 bits per heavy atom. The SMILES string of the molecule is COc1ccc(CNC(=O)c2ccnc(NCC3CCCO3)n2)cc1OC. The highest BCUT2D eigenvalue weighted by Crippen LogP contribution is 2.27. The first-order valence-corrected chi connectivity index (χ1v) is 8.87. The maximum absolute atomic E-state index is 12.4. The number of amides is 1. The Labute approximate surface area is 158 Å². The molecule has 1 aromatic heterocycles. The Morgan fingerprint density at radius 3 is 2.85 bits per heavy atom. The van der Waals surface area contributed by atoms with Gasteiger partial charge in [-0.25, -0.2) is 9.97 Å². The molecule has 3 rings (SSSR count). The first kappa shape index (κ1) is 18.9. The molecule has 1 fully saturated rings. The third-order valence-electron chi connectivity index (χ3n) is 4.30. The molecule has 1 saturated heterocycles. The van der Waals surface area contributed by atoms with Gasteiger partial charge in [0, 0.05) is 25.9 Å². The summed E-state index contributed by atoms with van der Waals surface area (Å²) in [6.45, 7) is 1.78. The van der Waals surface area contributed by atoms with E-state index in [2.05, 4.69) is 20.6 Å². The standard InChI is InChI=1S/C19H24N4O4/c1-25-16-6-5-13(10-17(16)26-2)11-21-18(24)15-7-8-20-19(23-15)22-12-14-4-3-9-27-14/h5-8,10,14H,3-4,9,11-12H2,1-2H3,(H,21,24)(H,20,22,23). The number of carbonyl (C=O) groups is 1. The molecule has 0 aliphatic carbocycles. The van der Waals surface area contributed by atoms with E-state index in [0.29, 0.717) is 36.2 Å². The topological polar surface area (TPSA) is 94.6 Å². The third kappa shape index (κ3) is 5.07. The van der Waals surface area contributed by atoms with Crippen LogP contribution in [0.5, 0.6) is 11.5 Å². The molecule has 1 aliphatic rings. The van der Waals surface area contributed by atoms with E-state index in [1.54, 1.807) is 32.5 Å². The van der Waals surface area contributed by atoms with Gasteiger partial charge in [-0.1, -0.05) is 6.07 Å². The number of benzene rings is 1. The lowest BCUT2D eigenvalue weighted by Crippen LogP contribution is -2.25. The van der Waals surface area contributed by atoms with Crippen molar-refractivity contribution in [2.24, 2.45) is 0 Å². The van der Waals surface area contributed by atoms with E-state index in [-0.39, 0.29) is 12.0 Å². The highest BCUT2D eigenvalue weighted by atomic mass is 16.5. The predicted molar refractivity (Wildman–Crippen MR) is 100 cm³/mol. The molecule has 1 unspecified atom stereocenters. The summed E-state index contributed by atoms with van der Waals surface area (Å²) in [4.78, 5) is 20.8. The van der Waals surface area contributed by atoms with E-state index in [0.717, 1.165) is 25.0 Å². The molecule has 0 bridgehead atoms. The molecule has 8 heteroatoms. The van der Waals surface area contributed by atoms with Crippen LogP contribution >= 0.6 is 0 Å². The van der Waals surface area contributed by atoms with E-state index < -0.39 is 0 Å². The normalized spacial score (nSPS) is 16.0. The van der Waals surface area contributed by atoms with Crippen LogP contribution < -0.4 is 20.1 Å². The summed E-state index contributed by atoms with van der Waals surface area (Å²) in [6, 6.07) is 7.09. The lowest BCUT2D eigenvalue weighted by molar-refractivity contribution is 0.0946. The van der Waals surface area contributed by atoms with E-state index in [9.17, 15) is 4.79 Å². The van der Waals surface area contributed by atoms with Gasteiger partial charge in [0.25, 0.3) is 5.91 Å². The van der Waals surface area contributed by atoms with Crippen molar-refractivity contribution in [3.63, 3.8) is 0 Å². The molecule has 1 aromatic carbocycles. The number of carbonyl (C=O) groups excluding carboxylic acids is 1. The van der Waals surface area contributed by atoms with Crippen LogP contribution in [0.15, 0.2) is 30.5 Å². The number of anilines is 1. The van der Waals surface area contributed by atoms with Gasteiger partial charge in [-0.2, -0.15) is 0 Å². The van der Waals surface area contributed by atoms with Crippen molar-refractivity contribution in [3.8, 4) is 11.5 Å². The molecular weight excluding hydrogens is 348 g/mol. The molecule has 1 atom stereocenters. The van der Waals surface area contributed by atoms with Crippen molar-refractivity contribution in [2.75, 3.05) is 32.7 Å². The molecular formula is C19H24N4O4. The second kappa shape index (κ2) is 9.18. The average Bonchev–Trinajstić information content (AvgIpc) is 3.24. The van der Waals surface area contributed by atoms with Crippen molar-refractivity contribution in [1.29, 1.82) is 0 Å². The predicted octanol–water partition coefficient (Wildman–Crippen LogP) is 2.01. The Balaban J connectivity index is 1.56. The quantitative estimate of drug-likeness (QED) is 0.732. The lowest BCUT2D eigenvalue weighted by Gasteiger charge is -2.12. The van der Waals surface area contributed by atoms with Crippen LogP contribution in [-0.2, 0) is 11.3 Å². The van der Waals surface area contributed by atoms with E-state index in [1.165, 1.54) is 0 Å². The number of nitrogens with zero attached hydrogens (tertiary/aromatic N) is 2. The number of ether oxygens (including phenoxy) is 3. The van der Waals surface area contributed by atoms with Crippen molar-refractivity contribution in [3.05, 3.63) is 41.7 Å². The van der Waals surface area contributed by atoms with E-state index in [1.807, 2.05) is 12.1 Å². The minimum absolute atomic E-state index is 0.177. The van der Waals surface area contributed by atoms with Crippen LogP contribution in [0.25, 0.3) is 0 Å². The largest absolute Gasteiger partial charge is 0.493 e. The number of rotatable bonds is 8. The van der Waals surface area contributed by atoms with E-state index >= 15 is 0 Å². The summed E-state index contributed by atoms with van der Waals surface area (Å²) in [5, 5.41) is 5.98. The molecule has 144 valence electrons. The molecule has 8 nitrogen and oxygen atoms in total. The van der Waals surface area contributed by atoms with Gasteiger partial charge in [-0.15, -0.1) is 0 Å². The first-order valence-electron chi connectivity index (χ1n) is 8.87. The number of hydrogen-bond donors (Lipinski definition) is 2. The second-order valence-electron chi connectivity index (χ2n) is 6.15. The maximum Gasteiger partial charge on any atom is 0.270 e. The smallest absolute Gasteiger partial charge is 0.270 e. The van der Waals surface area contributed by atoms with Gasteiger partial charge in [0.2, 0.25) is 5.95 Å². The van der Waals surface area contributed by atoms with Gasteiger partial charge < -0.3 is 24.8 Å². The molecule has 2 N–H and O–H groups in total. The van der Waals surface area contributed by atoms with Crippen LogP contribution in [0.4, 0.5) is 5.95 Å². The van der Waals surface area contributed by atoms with Crippen molar-refractivity contribution >= 4 is 11.9 Å². The highest BCUT2D eigenvalue weighted by Gasteiger charge is 2.16. The summed E-state index contributed by atoms with van der Waals surface area (Å²) < 4.78 is 16.0. The van der Waals surface area contributed by atoms with Crippen LogP contribution in [-0.4, -0.2) is 49.4 Å². The fourth-order valence-electron chi connectivity index (χ4n) is 2.84. The lowest BCUT2D eigenvalue weighted by atomic mass is 10.2. The fourth-order valence-corrected chi connectivity index (χ4v) is 2.84. The number of nitrogens with one attached hydrogen (secondary N) is 2. The molecule has 1 amide bonds. The zero-order valence-corrected chi connectivity index (χ0v) is 15.5. The summed E-state index contributed by atoms with van der Waals surface area (Å²) in [6.07, 6.45) is 3.84. The number of hydrogen-bond acceptors (Lipinski definition) is 7. The number of methoxy groups -OCH3 is 2. The fraction of sp³-hybridized carbons (Fsp3) is 0.421. The Morgan fingerprint density at radius 2 is 2.11 bits per heavy atom. The Hall–Kier alpha value is -2.87. The van der Waals surface area contributed by atoms with Crippen molar-refractivity contribution < 1.29 is 19.0 Å². The van der Waals surface area contributed by atoms with Crippen LogP contribution in [0.2, 0.25) is 0 Å². The minimum atomic E-state index is -0.271. The zero-order chi connectivity index (χ0) is 19.1. The van der Waals surface area contributed by atoms with Crippen LogP contribution in [0.3, 0.4) is 0 Å². The first-order chi connectivity index (χ1) is 13.2. The monoisotopic (exact) mass is 372 g/mol. The average molecular weight is 372 g/mol.